The van der Waals surface area contributed by atoms with Crippen LogP contribution in [-0.4, -0.2) is 35.9 Å². The van der Waals surface area contributed by atoms with Crippen molar-refractivity contribution in [1.82, 2.24) is 4.31 Å². The van der Waals surface area contributed by atoms with Gasteiger partial charge in [0.2, 0.25) is 10.0 Å². The summed E-state index contributed by atoms with van der Waals surface area (Å²) < 4.78 is 64.9. The second kappa shape index (κ2) is 5.24. The fourth-order valence-electron chi connectivity index (χ4n) is 2.58. The first-order valence-corrected chi connectivity index (χ1v) is 7.88. The van der Waals surface area contributed by atoms with Crippen molar-refractivity contribution in [2.24, 2.45) is 0 Å². The third-order valence-electron chi connectivity index (χ3n) is 3.80. The molecule has 1 aromatic rings. The molecule has 0 spiro atoms. The van der Waals surface area contributed by atoms with Gasteiger partial charge < -0.3 is 5.11 Å². The van der Waals surface area contributed by atoms with Crippen LogP contribution >= 0.6 is 0 Å². The van der Waals surface area contributed by atoms with E-state index >= 15 is 0 Å². The predicted octanol–water partition coefficient (Wildman–Crippen LogP) is 2.33. The summed E-state index contributed by atoms with van der Waals surface area (Å²) in [5.41, 5.74) is -3.04. The molecule has 1 saturated heterocycles. The number of halogens is 3. The number of hydrogen-bond acceptors (Lipinski definition) is 3. The number of carboxylic acid groups (broad SMARTS) is 1. The number of carboxylic acids is 1. The minimum Gasteiger partial charge on any atom is -0.480 e. The van der Waals surface area contributed by atoms with Crippen molar-refractivity contribution in [3.63, 3.8) is 0 Å². The highest BCUT2D eigenvalue weighted by Crippen LogP contribution is 2.39. The number of sulfonamides is 1. The van der Waals surface area contributed by atoms with E-state index in [9.17, 15) is 31.5 Å². The standard InChI is InChI=1S/C13H14F3NO4S/c1-12(11(18)19)7-4-8-17(12)22(20,21)10-6-3-2-5-9(10)13(14,15)16/h2-3,5-6H,4,7-8H2,1H3,(H,18,19). The molecule has 9 heteroatoms. The lowest BCUT2D eigenvalue weighted by Crippen LogP contribution is -2.50. The molecule has 1 aromatic carbocycles. The van der Waals surface area contributed by atoms with E-state index < -0.39 is 38.2 Å². The Bertz CT molecular complexity index is 701. The number of aliphatic carboxylic acids is 1. The largest absolute Gasteiger partial charge is 0.480 e. The zero-order valence-electron chi connectivity index (χ0n) is 11.6. The molecule has 22 heavy (non-hydrogen) atoms. The number of nitrogens with zero attached hydrogens (tertiary/aromatic N) is 1. The fourth-order valence-corrected chi connectivity index (χ4v) is 4.60. The average Bonchev–Trinajstić information content (AvgIpc) is 2.82. The van der Waals surface area contributed by atoms with Crippen LogP contribution in [0.5, 0.6) is 0 Å². The molecule has 1 N–H and O–H groups in total. The molecular formula is C13H14F3NO4S. The van der Waals surface area contributed by atoms with Gasteiger partial charge in [0.05, 0.1) is 10.5 Å². The topological polar surface area (TPSA) is 74.7 Å². The first-order chi connectivity index (χ1) is 10.0. The second-order valence-electron chi connectivity index (χ2n) is 5.25. The minimum absolute atomic E-state index is 0.0513. The summed E-state index contributed by atoms with van der Waals surface area (Å²) >= 11 is 0. The van der Waals surface area contributed by atoms with Crippen molar-refractivity contribution in [2.45, 2.75) is 36.4 Å². The van der Waals surface area contributed by atoms with Gasteiger partial charge in [0.25, 0.3) is 0 Å². The lowest BCUT2D eigenvalue weighted by Gasteiger charge is -2.31. The molecule has 2 rings (SSSR count). The molecular weight excluding hydrogens is 323 g/mol. The van der Waals surface area contributed by atoms with Gasteiger partial charge in [-0.1, -0.05) is 12.1 Å². The van der Waals surface area contributed by atoms with Gasteiger partial charge in [-0.2, -0.15) is 17.5 Å². The Morgan fingerprint density at radius 1 is 1.32 bits per heavy atom. The zero-order valence-corrected chi connectivity index (χ0v) is 12.4. The summed E-state index contributed by atoms with van der Waals surface area (Å²) in [6.07, 6.45) is -4.52. The van der Waals surface area contributed by atoms with Crippen LogP contribution in [0.4, 0.5) is 13.2 Å². The molecule has 1 atom stereocenters. The summed E-state index contributed by atoms with van der Waals surface area (Å²) in [7, 11) is -4.57. The molecule has 0 bridgehead atoms. The lowest BCUT2D eigenvalue weighted by molar-refractivity contribution is -0.146. The Labute approximate surface area is 125 Å². The molecule has 0 aromatic heterocycles. The monoisotopic (exact) mass is 337 g/mol. The third-order valence-corrected chi connectivity index (χ3v) is 5.87. The maximum absolute atomic E-state index is 13.0. The average molecular weight is 337 g/mol. The van der Waals surface area contributed by atoms with Crippen molar-refractivity contribution in [3.8, 4) is 0 Å². The maximum Gasteiger partial charge on any atom is 0.417 e. The predicted molar refractivity (Wildman–Crippen MR) is 70.6 cm³/mol. The number of rotatable bonds is 3. The Morgan fingerprint density at radius 2 is 1.91 bits per heavy atom. The summed E-state index contributed by atoms with van der Waals surface area (Å²) in [6, 6.07) is 3.78. The van der Waals surface area contributed by atoms with Crippen LogP contribution in [0, 0.1) is 0 Å². The molecule has 0 saturated carbocycles. The van der Waals surface area contributed by atoms with E-state index in [0.717, 1.165) is 12.1 Å². The van der Waals surface area contributed by atoms with Gasteiger partial charge in [0.15, 0.2) is 0 Å². The second-order valence-corrected chi connectivity index (χ2v) is 7.08. The summed E-state index contributed by atoms with van der Waals surface area (Å²) in [5, 5.41) is 9.25. The quantitative estimate of drug-likeness (QED) is 0.919. The van der Waals surface area contributed by atoms with Crippen LogP contribution in [0.15, 0.2) is 29.2 Å². The van der Waals surface area contributed by atoms with Crippen LogP contribution in [0.1, 0.15) is 25.3 Å². The SMILES string of the molecule is CC1(C(=O)O)CCCN1S(=O)(=O)c1ccccc1C(F)(F)F. The third kappa shape index (κ3) is 2.58. The van der Waals surface area contributed by atoms with Gasteiger partial charge in [-0.05, 0) is 31.9 Å². The molecule has 1 aliphatic heterocycles. The maximum atomic E-state index is 13.0. The van der Waals surface area contributed by atoms with Crippen molar-refractivity contribution in [2.75, 3.05) is 6.54 Å². The Morgan fingerprint density at radius 3 is 2.45 bits per heavy atom. The van der Waals surface area contributed by atoms with Gasteiger partial charge in [-0.3, -0.25) is 4.79 Å². The van der Waals surface area contributed by atoms with Gasteiger partial charge in [0, 0.05) is 6.54 Å². The number of benzene rings is 1. The number of hydrogen-bond donors (Lipinski definition) is 1. The molecule has 5 nitrogen and oxygen atoms in total. The van der Waals surface area contributed by atoms with E-state index in [4.69, 9.17) is 0 Å². The van der Waals surface area contributed by atoms with Gasteiger partial charge in [0.1, 0.15) is 5.54 Å². The van der Waals surface area contributed by atoms with Crippen molar-refractivity contribution < 1.29 is 31.5 Å². The molecule has 1 heterocycles. The molecule has 0 amide bonds. The molecule has 0 aliphatic carbocycles. The van der Waals surface area contributed by atoms with Crippen molar-refractivity contribution >= 4 is 16.0 Å². The first-order valence-electron chi connectivity index (χ1n) is 6.44. The summed E-state index contributed by atoms with van der Waals surface area (Å²) in [5.74, 6) is -1.38. The summed E-state index contributed by atoms with van der Waals surface area (Å²) in [6.45, 7) is 1.08. The smallest absolute Gasteiger partial charge is 0.417 e. The van der Waals surface area contributed by atoms with Crippen molar-refractivity contribution in [1.29, 1.82) is 0 Å². The van der Waals surface area contributed by atoms with E-state index in [2.05, 4.69) is 0 Å². The van der Waals surface area contributed by atoms with E-state index in [0.29, 0.717) is 10.4 Å². The number of alkyl halides is 3. The fraction of sp³-hybridized carbons (Fsp3) is 0.462. The van der Waals surface area contributed by atoms with E-state index in [1.165, 1.54) is 13.0 Å². The van der Waals surface area contributed by atoms with Crippen LogP contribution < -0.4 is 0 Å². The Kier molecular flexibility index (Phi) is 3.99. The molecule has 0 radical (unpaired) electrons. The zero-order chi connectivity index (χ0) is 16.8. The Hall–Kier alpha value is -1.61. The van der Waals surface area contributed by atoms with Crippen molar-refractivity contribution in [3.05, 3.63) is 29.8 Å². The molecule has 1 unspecified atom stereocenters. The van der Waals surface area contributed by atoms with Gasteiger partial charge >= 0.3 is 12.1 Å². The van der Waals surface area contributed by atoms with Crippen LogP contribution in [0.3, 0.4) is 0 Å². The van der Waals surface area contributed by atoms with E-state index in [1.807, 2.05) is 0 Å². The van der Waals surface area contributed by atoms with Gasteiger partial charge in [-0.15, -0.1) is 0 Å². The first kappa shape index (κ1) is 16.8. The molecule has 1 aliphatic rings. The van der Waals surface area contributed by atoms with Crippen LogP contribution in [0.2, 0.25) is 0 Å². The normalized spacial score (nSPS) is 23.6. The van der Waals surface area contributed by atoms with E-state index in [-0.39, 0.29) is 19.4 Å². The molecule has 122 valence electrons. The highest BCUT2D eigenvalue weighted by Gasteiger charge is 2.51. The highest BCUT2D eigenvalue weighted by atomic mass is 32.2. The molecule has 1 fully saturated rings. The lowest BCUT2D eigenvalue weighted by atomic mass is 10.0. The van der Waals surface area contributed by atoms with Crippen LogP contribution in [-0.2, 0) is 21.0 Å². The van der Waals surface area contributed by atoms with Gasteiger partial charge in [-0.25, -0.2) is 8.42 Å². The van der Waals surface area contributed by atoms with Crippen LogP contribution in [0.25, 0.3) is 0 Å². The Balaban J connectivity index is 2.60. The number of carbonyl (C=O) groups is 1. The highest BCUT2D eigenvalue weighted by molar-refractivity contribution is 7.89. The minimum atomic E-state index is -4.84. The summed E-state index contributed by atoms with van der Waals surface area (Å²) in [4.78, 5) is 10.4. The van der Waals surface area contributed by atoms with E-state index in [1.54, 1.807) is 0 Å².